The van der Waals surface area contributed by atoms with Crippen molar-refractivity contribution in [3.63, 3.8) is 0 Å². The van der Waals surface area contributed by atoms with Crippen LogP contribution in [0.15, 0.2) is 78.9 Å². The molecular formula is C25H21ClFNO4. The van der Waals surface area contributed by atoms with Crippen molar-refractivity contribution in [2.24, 2.45) is 0 Å². The van der Waals surface area contributed by atoms with Gasteiger partial charge in [0.05, 0.1) is 0 Å². The predicted octanol–water partition coefficient (Wildman–Crippen LogP) is 5.64. The number of esters is 1. The standard InChI is InChI=1S/C25H21ClFNO4/c1-17(25(30)28-21-11-9-20(27)10-12-21)32-24(29)15-8-18-6-13-22(14-7-18)31-16-19-4-2-3-5-23(19)26/h2-15,17H,16H2,1H3,(H,28,30). The van der Waals surface area contributed by atoms with Crippen molar-refractivity contribution in [3.8, 4) is 5.75 Å². The number of benzene rings is 3. The molecule has 5 nitrogen and oxygen atoms in total. The summed E-state index contributed by atoms with van der Waals surface area (Å²) in [7, 11) is 0. The molecular weight excluding hydrogens is 433 g/mol. The summed E-state index contributed by atoms with van der Waals surface area (Å²) in [5, 5.41) is 3.20. The van der Waals surface area contributed by atoms with E-state index in [2.05, 4.69) is 5.32 Å². The van der Waals surface area contributed by atoms with Gasteiger partial charge in [-0.3, -0.25) is 4.79 Å². The molecule has 0 aliphatic heterocycles. The van der Waals surface area contributed by atoms with E-state index in [4.69, 9.17) is 21.1 Å². The fourth-order valence-corrected chi connectivity index (χ4v) is 2.85. The van der Waals surface area contributed by atoms with E-state index in [1.54, 1.807) is 36.4 Å². The van der Waals surface area contributed by atoms with E-state index in [0.29, 0.717) is 23.1 Å². The summed E-state index contributed by atoms with van der Waals surface area (Å²) in [5.74, 6) is -0.923. The van der Waals surface area contributed by atoms with Gasteiger partial charge < -0.3 is 14.8 Å². The number of carbonyl (C=O) groups excluding carboxylic acids is 2. The zero-order valence-corrected chi connectivity index (χ0v) is 18.0. The summed E-state index contributed by atoms with van der Waals surface area (Å²) < 4.78 is 23.7. The Balaban J connectivity index is 1.47. The number of anilines is 1. The number of carbonyl (C=O) groups is 2. The lowest BCUT2D eigenvalue weighted by molar-refractivity contribution is -0.148. The summed E-state index contributed by atoms with van der Waals surface area (Å²) in [5.41, 5.74) is 2.06. The molecule has 0 heterocycles. The van der Waals surface area contributed by atoms with Crippen LogP contribution in [0.1, 0.15) is 18.1 Å². The first-order valence-corrected chi connectivity index (χ1v) is 10.2. The van der Waals surface area contributed by atoms with Crippen LogP contribution in [0.2, 0.25) is 5.02 Å². The molecule has 0 aromatic heterocycles. The van der Waals surface area contributed by atoms with E-state index >= 15 is 0 Å². The Morgan fingerprint density at radius 2 is 1.72 bits per heavy atom. The molecule has 3 rings (SSSR count). The van der Waals surface area contributed by atoms with E-state index in [1.165, 1.54) is 37.3 Å². The molecule has 1 N–H and O–H groups in total. The summed E-state index contributed by atoms with van der Waals surface area (Å²) in [6.45, 7) is 1.80. The number of amides is 1. The topological polar surface area (TPSA) is 64.6 Å². The lowest BCUT2D eigenvalue weighted by Gasteiger charge is -2.12. The molecule has 0 saturated heterocycles. The summed E-state index contributed by atoms with van der Waals surface area (Å²) >= 11 is 6.12. The van der Waals surface area contributed by atoms with Gasteiger partial charge >= 0.3 is 5.97 Å². The molecule has 32 heavy (non-hydrogen) atoms. The largest absolute Gasteiger partial charge is 0.489 e. The van der Waals surface area contributed by atoms with Gasteiger partial charge in [-0.05, 0) is 61.0 Å². The zero-order valence-electron chi connectivity index (χ0n) is 17.3. The van der Waals surface area contributed by atoms with Crippen LogP contribution in [0, 0.1) is 5.82 Å². The van der Waals surface area contributed by atoms with Gasteiger partial charge in [0.15, 0.2) is 6.10 Å². The van der Waals surface area contributed by atoms with E-state index in [9.17, 15) is 14.0 Å². The third kappa shape index (κ3) is 6.96. The molecule has 0 saturated carbocycles. The predicted molar refractivity (Wildman–Crippen MR) is 122 cm³/mol. The number of hydrogen-bond donors (Lipinski definition) is 1. The minimum Gasteiger partial charge on any atom is -0.489 e. The van der Waals surface area contributed by atoms with E-state index < -0.39 is 23.8 Å². The molecule has 3 aromatic carbocycles. The third-order valence-electron chi connectivity index (χ3n) is 4.42. The van der Waals surface area contributed by atoms with Gasteiger partial charge in [0.1, 0.15) is 18.2 Å². The molecule has 0 bridgehead atoms. The van der Waals surface area contributed by atoms with Gasteiger partial charge in [-0.2, -0.15) is 0 Å². The zero-order chi connectivity index (χ0) is 22.9. The van der Waals surface area contributed by atoms with E-state index in [0.717, 1.165) is 11.1 Å². The maximum Gasteiger partial charge on any atom is 0.331 e. The van der Waals surface area contributed by atoms with Crippen molar-refractivity contribution in [1.82, 2.24) is 0 Å². The summed E-state index contributed by atoms with van der Waals surface area (Å²) in [6, 6.07) is 19.9. The van der Waals surface area contributed by atoms with Crippen LogP contribution in [0.3, 0.4) is 0 Å². The average molecular weight is 454 g/mol. The smallest absolute Gasteiger partial charge is 0.331 e. The van der Waals surface area contributed by atoms with Crippen LogP contribution < -0.4 is 10.1 Å². The van der Waals surface area contributed by atoms with Crippen LogP contribution in [0.4, 0.5) is 10.1 Å². The summed E-state index contributed by atoms with van der Waals surface area (Å²) in [6.07, 6.45) is 1.80. The van der Waals surface area contributed by atoms with Crippen molar-refractivity contribution in [1.29, 1.82) is 0 Å². The molecule has 0 aliphatic rings. The SMILES string of the molecule is CC(OC(=O)C=Cc1ccc(OCc2ccccc2Cl)cc1)C(=O)Nc1ccc(F)cc1. The molecule has 3 aromatic rings. The van der Waals surface area contributed by atoms with Crippen LogP contribution in [0.25, 0.3) is 6.08 Å². The molecule has 1 amide bonds. The van der Waals surface area contributed by atoms with Crippen LogP contribution in [0.5, 0.6) is 5.75 Å². The molecule has 1 unspecified atom stereocenters. The highest BCUT2D eigenvalue weighted by Crippen LogP contribution is 2.19. The Hall–Kier alpha value is -3.64. The fourth-order valence-electron chi connectivity index (χ4n) is 2.66. The van der Waals surface area contributed by atoms with Crippen LogP contribution in [-0.4, -0.2) is 18.0 Å². The fraction of sp³-hybridized carbons (Fsp3) is 0.120. The highest BCUT2D eigenvalue weighted by molar-refractivity contribution is 6.31. The Kier molecular flexibility index (Phi) is 8.00. The molecule has 1 atom stereocenters. The molecule has 0 radical (unpaired) electrons. The lowest BCUT2D eigenvalue weighted by Crippen LogP contribution is -2.29. The molecule has 0 fully saturated rings. The molecule has 7 heteroatoms. The van der Waals surface area contributed by atoms with Crippen LogP contribution >= 0.6 is 11.6 Å². The minimum atomic E-state index is -1.02. The van der Waals surface area contributed by atoms with Gasteiger partial charge in [-0.25, -0.2) is 9.18 Å². The van der Waals surface area contributed by atoms with Crippen molar-refractivity contribution < 1.29 is 23.5 Å². The lowest BCUT2D eigenvalue weighted by atomic mass is 10.2. The minimum absolute atomic E-state index is 0.346. The third-order valence-corrected chi connectivity index (χ3v) is 4.79. The highest BCUT2D eigenvalue weighted by Gasteiger charge is 2.16. The van der Waals surface area contributed by atoms with Crippen molar-refractivity contribution in [2.75, 3.05) is 5.32 Å². The quantitative estimate of drug-likeness (QED) is 0.354. The number of ether oxygens (including phenoxy) is 2. The second kappa shape index (κ2) is 11.1. The second-order valence-electron chi connectivity index (χ2n) is 6.86. The van der Waals surface area contributed by atoms with Gasteiger partial charge in [0.2, 0.25) is 0 Å². The van der Waals surface area contributed by atoms with E-state index in [1.807, 2.05) is 18.2 Å². The van der Waals surface area contributed by atoms with E-state index in [-0.39, 0.29) is 0 Å². The second-order valence-corrected chi connectivity index (χ2v) is 7.26. The first kappa shape index (κ1) is 23.0. The van der Waals surface area contributed by atoms with Crippen molar-refractivity contribution >= 4 is 35.2 Å². The molecule has 0 spiro atoms. The van der Waals surface area contributed by atoms with Crippen molar-refractivity contribution in [3.05, 3.63) is 101 Å². The number of halogens is 2. The maximum absolute atomic E-state index is 12.9. The average Bonchev–Trinajstić information content (AvgIpc) is 2.79. The van der Waals surface area contributed by atoms with Crippen LogP contribution in [-0.2, 0) is 20.9 Å². The van der Waals surface area contributed by atoms with Gasteiger partial charge in [-0.1, -0.05) is 41.9 Å². The normalized spacial score (nSPS) is 11.7. The Labute approximate surface area is 190 Å². The number of rotatable bonds is 8. The highest BCUT2D eigenvalue weighted by atomic mass is 35.5. The Morgan fingerprint density at radius 1 is 1.03 bits per heavy atom. The first-order chi connectivity index (χ1) is 15.4. The van der Waals surface area contributed by atoms with Crippen molar-refractivity contribution in [2.45, 2.75) is 19.6 Å². The van der Waals surface area contributed by atoms with Gasteiger partial charge in [0.25, 0.3) is 5.91 Å². The molecule has 0 aliphatic carbocycles. The molecule has 164 valence electrons. The first-order valence-electron chi connectivity index (χ1n) is 9.82. The summed E-state index contributed by atoms with van der Waals surface area (Å²) in [4.78, 5) is 24.1. The van der Waals surface area contributed by atoms with Gasteiger partial charge in [-0.15, -0.1) is 0 Å². The number of nitrogens with one attached hydrogen (secondary N) is 1. The van der Waals surface area contributed by atoms with Gasteiger partial charge in [0, 0.05) is 22.3 Å². The number of hydrogen-bond acceptors (Lipinski definition) is 4. The Morgan fingerprint density at radius 3 is 2.41 bits per heavy atom. The Bertz CT molecular complexity index is 1100. The maximum atomic E-state index is 12.9. The monoisotopic (exact) mass is 453 g/mol.